The number of piperidine rings is 2. The molecule has 0 saturated carbocycles. The molecule has 2 aromatic heterocycles. The van der Waals surface area contributed by atoms with Crippen molar-refractivity contribution in [1.29, 1.82) is 0 Å². The van der Waals surface area contributed by atoms with E-state index in [4.69, 9.17) is 0 Å². The van der Waals surface area contributed by atoms with Crippen LogP contribution in [0.3, 0.4) is 0 Å². The minimum atomic E-state index is -1.04. The van der Waals surface area contributed by atoms with E-state index in [0.717, 1.165) is 74.5 Å². The van der Waals surface area contributed by atoms with Crippen molar-refractivity contribution in [2.24, 2.45) is 0 Å². The molecule has 2 unspecified atom stereocenters. The summed E-state index contributed by atoms with van der Waals surface area (Å²) in [5.74, 6) is -1.81. The van der Waals surface area contributed by atoms with Crippen molar-refractivity contribution < 1.29 is 23.6 Å². The fraction of sp³-hybridized carbons (Fsp3) is 0.349. The number of halogens is 1. The summed E-state index contributed by atoms with van der Waals surface area (Å²) in [4.78, 5) is 66.5. The monoisotopic (exact) mass is 801 g/mol. The van der Waals surface area contributed by atoms with Gasteiger partial charge < -0.3 is 19.7 Å². The third kappa shape index (κ3) is 7.47. The molecule has 9 rings (SSSR count). The number of benzene rings is 3. The van der Waals surface area contributed by atoms with Crippen LogP contribution in [-0.2, 0) is 40.4 Å². The van der Waals surface area contributed by atoms with Crippen molar-refractivity contribution in [1.82, 2.24) is 29.7 Å². The van der Waals surface area contributed by atoms with E-state index < -0.39 is 29.7 Å². The van der Waals surface area contributed by atoms with E-state index in [-0.39, 0.29) is 29.5 Å². The Hall–Kier alpha value is -5.93. The van der Waals surface area contributed by atoms with Crippen LogP contribution >= 0.6 is 11.3 Å². The lowest BCUT2D eigenvalue weighted by atomic mass is 9.98. The van der Waals surface area contributed by atoms with E-state index in [1.165, 1.54) is 27.9 Å². The minimum absolute atomic E-state index is 0.0388. The van der Waals surface area contributed by atoms with E-state index in [9.17, 15) is 19.2 Å². The second kappa shape index (κ2) is 15.8. The van der Waals surface area contributed by atoms with Crippen LogP contribution in [0.2, 0.25) is 0 Å². The van der Waals surface area contributed by atoms with Gasteiger partial charge in [0.05, 0.1) is 18.6 Å². The van der Waals surface area contributed by atoms with Gasteiger partial charge in [-0.1, -0.05) is 24.3 Å². The van der Waals surface area contributed by atoms with Crippen LogP contribution in [0, 0.1) is 5.82 Å². The van der Waals surface area contributed by atoms with E-state index in [2.05, 4.69) is 67.0 Å². The topological polar surface area (TPSA) is 145 Å². The Bertz CT molecular complexity index is 2360. The number of carbonyl (C=O) groups excluding carboxylic acids is 4. The highest BCUT2D eigenvalue weighted by Gasteiger charge is 2.42. The second-order valence-electron chi connectivity index (χ2n) is 15.5. The van der Waals surface area contributed by atoms with Gasteiger partial charge in [-0.15, -0.1) is 11.3 Å². The number of imide groups is 1. The minimum Gasteiger partial charge on any atom is -0.374 e. The van der Waals surface area contributed by atoms with Gasteiger partial charge in [0.25, 0.3) is 11.8 Å². The smallest absolute Gasteiger partial charge is 0.255 e. The van der Waals surface area contributed by atoms with Gasteiger partial charge in [-0.05, 0) is 92.2 Å². The SMILES string of the molecule is CN(Cc1ccc(NC2CCC(=O)NC2=O)cc1)C1CCN(c2ccc(-c3cc(F)c4c(c3)C(=O)N(C(C(=O)Nc3nccs3)c3ncn5c3CCC5)C4)cc2)CC1. The van der Waals surface area contributed by atoms with Gasteiger partial charge in [-0.2, -0.15) is 0 Å². The van der Waals surface area contributed by atoms with Crippen LogP contribution in [0.15, 0.2) is 78.6 Å². The number of nitrogens with zero attached hydrogens (tertiary/aromatic N) is 6. The van der Waals surface area contributed by atoms with Crippen molar-refractivity contribution in [3.05, 3.63) is 112 Å². The van der Waals surface area contributed by atoms with Crippen LogP contribution in [0.4, 0.5) is 20.9 Å². The van der Waals surface area contributed by atoms with E-state index in [0.29, 0.717) is 35.3 Å². The summed E-state index contributed by atoms with van der Waals surface area (Å²) in [6, 6.07) is 18.4. The van der Waals surface area contributed by atoms with Crippen molar-refractivity contribution >= 4 is 51.5 Å². The van der Waals surface area contributed by atoms with E-state index in [1.807, 2.05) is 28.8 Å². The number of imidazole rings is 1. The Kier molecular flexibility index (Phi) is 10.2. The van der Waals surface area contributed by atoms with Gasteiger partial charge in [-0.3, -0.25) is 34.7 Å². The summed E-state index contributed by atoms with van der Waals surface area (Å²) in [5.41, 5.74) is 6.51. The maximum Gasteiger partial charge on any atom is 0.255 e. The fourth-order valence-corrected chi connectivity index (χ4v) is 9.28. The number of rotatable bonds is 11. The summed E-state index contributed by atoms with van der Waals surface area (Å²) < 4.78 is 17.9. The molecule has 298 valence electrons. The van der Waals surface area contributed by atoms with Crippen molar-refractivity contribution in [2.45, 2.75) is 76.3 Å². The summed E-state index contributed by atoms with van der Waals surface area (Å²) in [7, 11) is 2.16. The molecular formula is C43H44FN9O4S. The molecular weight excluding hydrogens is 758 g/mol. The quantitative estimate of drug-likeness (QED) is 0.142. The van der Waals surface area contributed by atoms with Crippen LogP contribution < -0.4 is 20.9 Å². The number of aromatic nitrogens is 3. The molecule has 4 amide bonds. The van der Waals surface area contributed by atoms with Crippen molar-refractivity contribution in [3.8, 4) is 11.1 Å². The van der Waals surface area contributed by atoms with Gasteiger partial charge in [0.15, 0.2) is 11.2 Å². The molecule has 13 nitrogen and oxygen atoms in total. The average Bonchev–Trinajstić information content (AvgIpc) is 4.05. The van der Waals surface area contributed by atoms with Crippen LogP contribution in [0.5, 0.6) is 0 Å². The largest absolute Gasteiger partial charge is 0.374 e. The molecule has 2 saturated heterocycles. The van der Waals surface area contributed by atoms with Crippen molar-refractivity contribution in [3.63, 3.8) is 0 Å². The maximum absolute atomic E-state index is 15.9. The number of nitrogens with one attached hydrogen (secondary N) is 3. The van der Waals surface area contributed by atoms with E-state index >= 15 is 4.39 Å². The Morgan fingerprint density at radius 3 is 2.52 bits per heavy atom. The lowest BCUT2D eigenvalue weighted by Crippen LogP contribution is -2.47. The summed E-state index contributed by atoms with van der Waals surface area (Å²) in [5, 5.41) is 10.7. The zero-order valence-corrected chi connectivity index (χ0v) is 32.9. The predicted octanol–water partition coefficient (Wildman–Crippen LogP) is 5.75. The zero-order valence-electron chi connectivity index (χ0n) is 32.1. The molecule has 3 aromatic carbocycles. The molecule has 2 fully saturated rings. The molecule has 0 spiro atoms. The molecule has 58 heavy (non-hydrogen) atoms. The highest BCUT2D eigenvalue weighted by Crippen LogP contribution is 2.38. The standard InChI is InChI=1S/C43H44FN9O4S/c1-50(23-26-4-8-29(9-5-26)47-35-12-13-37(54)48-40(35)55)30-14-18-51(19-15-30)31-10-6-27(7-11-31)28-21-32-33(34(44)22-28)24-53(42(32)57)39(41(56)49-43-45-16-20-58-43)38-36-3-2-17-52(36)25-46-38/h4-11,16,20-22,25,30,35,39,47H,2-3,12-15,17-19,23-24H2,1H3,(H,45,49,56)(H,48,54,55). The average molecular weight is 802 g/mol. The summed E-state index contributed by atoms with van der Waals surface area (Å²) in [6.07, 6.45) is 7.84. The molecule has 2 atom stereocenters. The van der Waals surface area contributed by atoms with Gasteiger partial charge in [0.2, 0.25) is 11.8 Å². The molecule has 6 heterocycles. The molecule has 4 aliphatic heterocycles. The fourth-order valence-electron chi connectivity index (χ4n) is 8.75. The lowest BCUT2D eigenvalue weighted by molar-refractivity contribution is -0.133. The molecule has 15 heteroatoms. The number of anilines is 3. The summed E-state index contributed by atoms with van der Waals surface area (Å²) >= 11 is 1.29. The number of aryl methyl sites for hydroxylation is 1. The normalized spacial score (nSPS) is 18.7. The number of carbonyl (C=O) groups is 4. The number of hydrogen-bond acceptors (Lipinski definition) is 10. The van der Waals surface area contributed by atoms with Gasteiger partial charge in [0, 0.05) is 78.4 Å². The Morgan fingerprint density at radius 1 is 0.983 bits per heavy atom. The molecule has 0 bridgehead atoms. The van der Waals surface area contributed by atoms with Crippen LogP contribution in [-0.4, -0.2) is 80.2 Å². The molecule has 4 aliphatic rings. The first-order valence-electron chi connectivity index (χ1n) is 19.8. The number of thiazole rings is 1. The third-order valence-corrected chi connectivity index (χ3v) is 12.6. The summed E-state index contributed by atoms with van der Waals surface area (Å²) in [6.45, 7) is 3.37. The first kappa shape index (κ1) is 37.6. The highest BCUT2D eigenvalue weighted by atomic mass is 32.1. The molecule has 0 aliphatic carbocycles. The second-order valence-corrected chi connectivity index (χ2v) is 16.4. The van der Waals surface area contributed by atoms with Crippen LogP contribution in [0.25, 0.3) is 11.1 Å². The van der Waals surface area contributed by atoms with Crippen molar-refractivity contribution in [2.75, 3.05) is 35.7 Å². The Labute approximate surface area is 339 Å². The number of hydrogen-bond donors (Lipinski definition) is 3. The van der Waals surface area contributed by atoms with Gasteiger partial charge >= 0.3 is 0 Å². The van der Waals surface area contributed by atoms with Gasteiger partial charge in [-0.25, -0.2) is 14.4 Å². The molecule has 0 radical (unpaired) electrons. The predicted molar refractivity (Wildman–Crippen MR) is 219 cm³/mol. The van der Waals surface area contributed by atoms with Gasteiger partial charge in [0.1, 0.15) is 11.9 Å². The number of amides is 4. The Morgan fingerprint density at radius 2 is 1.78 bits per heavy atom. The third-order valence-electron chi connectivity index (χ3n) is 11.9. The zero-order chi connectivity index (χ0) is 39.9. The molecule has 3 N–H and O–H groups in total. The lowest BCUT2D eigenvalue weighted by Gasteiger charge is -2.38. The Balaban J connectivity index is 0.829. The van der Waals surface area contributed by atoms with E-state index in [1.54, 1.807) is 24.0 Å². The molecule has 5 aromatic rings. The maximum atomic E-state index is 15.9. The number of fused-ring (bicyclic) bond motifs is 2. The first-order chi connectivity index (χ1) is 28.2. The van der Waals surface area contributed by atoms with Crippen LogP contribution in [0.1, 0.15) is 71.0 Å². The highest BCUT2D eigenvalue weighted by molar-refractivity contribution is 7.13. The first-order valence-corrected chi connectivity index (χ1v) is 20.7.